The number of hydrogen-bond acceptors (Lipinski definition) is 1. The van der Waals surface area contributed by atoms with Crippen molar-refractivity contribution in [2.45, 2.75) is 11.8 Å². The molecule has 2 rings (SSSR count). The first-order chi connectivity index (χ1) is 7.16. The summed E-state index contributed by atoms with van der Waals surface area (Å²) in [5.41, 5.74) is 1.21. The van der Waals surface area contributed by atoms with Gasteiger partial charge in [0.1, 0.15) is 0 Å². The highest BCUT2D eigenvalue weighted by Gasteiger charge is 2.26. The van der Waals surface area contributed by atoms with Crippen molar-refractivity contribution in [2.75, 3.05) is 11.5 Å². The number of thioether (sulfide) groups is 1. The molecule has 2 unspecified atom stereocenters. The Morgan fingerprint density at radius 1 is 1.40 bits per heavy atom. The Bertz CT molecular complexity index is 356. The Morgan fingerprint density at radius 2 is 2.20 bits per heavy atom. The van der Waals surface area contributed by atoms with Crippen LogP contribution in [0.15, 0.2) is 22.7 Å². The first-order valence-electron chi connectivity index (χ1n) is 4.82. The molecule has 0 saturated carbocycles. The van der Waals surface area contributed by atoms with Crippen LogP contribution in [0.5, 0.6) is 0 Å². The fraction of sp³-hybridized carbons (Fsp3) is 0.455. The maximum atomic E-state index is 6.24. The lowest BCUT2D eigenvalue weighted by Gasteiger charge is -2.13. The van der Waals surface area contributed by atoms with Crippen LogP contribution < -0.4 is 0 Å². The van der Waals surface area contributed by atoms with Gasteiger partial charge in [-0.2, -0.15) is 11.8 Å². The van der Waals surface area contributed by atoms with Gasteiger partial charge in [-0.05, 0) is 35.8 Å². The smallest absolute Gasteiger partial charge is 0.0465 e. The summed E-state index contributed by atoms with van der Waals surface area (Å²) in [6.07, 6.45) is 0.993. The average molecular weight is 326 g/mol. The Hall–Kier alpha value is 0.630. The second-order valence-corrected chi connectivity index (χ2v) is 6.71. The largest absolute Gasteiger partial charge is 0.160 e. The molecule has 4 heteroatoms. The highest BCUT2D eigenvalue weighted by Crippen LogP contribution is 2.33. The van der Waals surface area contributed by atoms with E-state index in [0.29, 0.717) is 11.3 Å². The van der Waals surface area contributed by atoms with Gasteiger partial charge in [0, 0.05) is 20.6 Å². The van der Waals surface area contributed by atoms with Crippen molar-refractivity contribution in [3.8, 4) is 0 Å². The Kier molecular flexibility index (Phi) is 4.28. The highest BCUT2D eigenvalue weighted by atomic mass is 79.9. The van der Waals surface area contributed by atoms with Crippen molar-refractivity contribution < 1.29 is 0 Å². The van der Waals surface area contributed by atoms with E-state index in [1.165, 1.54) is 5.56 Å². The maximum Gasteiger partial charge on any atom is 0.0465 e. The predicted octanol–water partition coefficient (Wildman–Crippen LogP) is 4.62. The summed E-state index contributed by atoms with van der Waals surface area (Å²) in [5, 5.41) is 1.14. The van der Waals surface area contributed by atoms with Crippen LogP contribution >= 0.6 is 50.9 Å². The van der Waals surface area contributed by atoms with E-state index in [-0.39, 0.29) is 0 Å². The maximum absolute atomic E-state index is 6.24. The van der Waals surface area contributed by atoms with Gasteiger partial charge in [-0.25, -0.2) is 0 Å². The molecule has 1 fully saturated rings. The van der Waals surface area contributed by atoms with Crippen LogP contribution in [-0.4, -0.2) is 16.9 Å². The summed E-state index contributed by atoms with van der Waals surface area (Å²) in [7, 11) is 0. The summed E-state index contributed by atoms with van der Waals surface area (Å²) in [6.45, 7) is 0. The van der Waals surface area contributed by atoms with Gasteiger partial charge in [0.05, 0.1) is 0 Å². The number of alkyl halides is 1. The summed E-state index contributed by atoms with van der Waals surface area (Å²) >= 11 is 17.8. The molecular formula is C11H11BrCl2S. The van der Waals surface area contributed by atoms with Crippen LogP contribution in [0.2, 0.25) is 5.02 Å². The van der Waals surface area contributed by atoms with Crippen molar-refractivity contribution in [1.82, 2.24) is 0 Å². The zero-order chi connectivity index (χ0) is 10.8. The van der Waals surface area contributed by atoms with E-state index in [0.717, 1.165) is 27.4 Å². The molecule has 82 valence electrons. The van der Waals surface area contributed by atoms with E-state index in [1.807, 2.05) is 23.9 Å². The van der Waals surface area contributed by atoms with Crippen LogP contribution in [0, 0.1) is 5.92 Å². The quantitative estimate of drug-likeness (QED) is 0.715. The topological polar surface area (TPSA) is 0 Å². The van der Waals surface area contributed by atoms with E-state index in [1.54, 1.807) is 0 Å². The molecule has 1 heterocycles. The van der Waals surface area contributed by atoms with Crippen molar-refractivity contribution in [1.29, 1.82) is 0 Å². The molecule has 0 aliphatic carbocycles. The molecular weight excluding hydrogens is 315 g/mol. The SMILES string of the molecule is Clc1cc(Br)ccc1CC1CSCC1Cl. The Morgan fingerprint density at radius 3 is 2.80 bits per heavy atom. The molecule has 0 spiro atoms. The molecule has 0 amide bonds. The summed E-state index contributed by atoms with van der Waals surface area (Å²) in [6, 6.07) is 6.06. The molecule has 0 aromatic heterocycles. The molecule has 0 nitrogen and oxygen atoms in total. The summed E-state index contributed by atoms with van der Waals surface area (Å²) in [5.74, 6) is 2.79. The predicted molar refractivity (Wildman–Crippen MR) is 73.3 cm³/mol. The second-order valence-electron chi connectivity index (χ2n) is 3.75. The lowest BCUT2D eigenvalue weighted by molar-refractivity contribution is 0.603. The Balaban J connectivity index is 2.10. The minimum absolute atomic E-state index is 0.301. The molecule has 15 heavy (non-hydrogen) atoms. The van der Waals surface area contributed by atoms with Gasteiger partial charge in [0.2, 0.25) is 0 Å². The third kappa shape index (κ3) is 3.06. The summed E-state index contributed by atoms with van der Waals surface area (Å²) < 4.78 is 1.03. The van der Waals surface area contributed by atoms with Gasteiger partial charge in [0.15, 0.2) is 0 Å². The van der Waals surface area contributed by atoms with Gasteiger partial charge in [-0.3, -0.25) is 0 Å². The summed E-state index contributed by atoms with van der Waals surface area (Å²) in [4.78, 5) is 0. The third-order valence-corrected chi connectivity index (χ3v) is 5.42. The minimum Gasteiger partial charge on any atom is -0.160 e. The molecule has 2 atom stereocenters. The van der Waals surface area contributed by atoms with E-state index in [4.69, 9.17) is 23.2 Å². The monoisotopic (exact) mass is 324 g/mol. The number of rotatable bonds is 2. The van der Waals surface area contributed by atoms with Gasteiger partial charge < -0.3 is 0 Å². The van der Waals surface area contributed by atoms with E-state index in [2.05, 4.69) is 22.0 Å². The first-order valence-corrected chi connectivity index (χ1v) is 7.59. The molecule has 1 aromatic carbocycles. The highest BCUT2D eigenvalue weighted by molar-refractivity contribution is 9.10. The van der Waals surface area contributed by atoms with Crippen molar-refractivity contribution in [3.63, 3.8) is 0 Å². The molecule has 1 aliphatic rings. The minimum atomic E-state index is 0.301. The normalized spacial score (nSPS) is 25.8. The van der Waals surface area contributed by atoms with E-state index < -0.39 is 0 Å². The van der Waals surface area contributed by atoms with Crippen LogP contribution in [0.3, 0.4) is 0 Å². The van der Waals surface area contributed by atoms with Crippen molar-refractivity contribution in [3.05, 3.63) is 33.3 Å². The van der Waals surface area contributed by atoms with Gasteiger partial charge in [-0.15, -0.1) is 11.6 Å². The zero-order valence-corrected chi connectivity index (χ0v) is 12.0. The van der Waals surface area contributed by atoms with Gasteiger partial charge in [-0.1, -0.05) is 33.6 Å². The number of halogens is 3. The number of benzene rings is 1. The first kappa shape index (κ1) is 12.1. The molecule has 0 radical (unpaired) electrons. The fourth-order valence-corrected chi connectivity index (χ4v) is 4.32. The molecule has 1 aromatic rings. The number of hydrogen-bond donors (Lipinski definition) is 0. The van der Waals surface area contributed by atoms with Crippen LogP contribution in [0.25, 0.3) is 0 Å². The fourth-order valence-electron chi connectivity index (χ4n) is 1.73. The van der Waals surface area contributed by atoms with E-state index in [9.17, 15) is 0 Å². The lowest BCUT2D eigenvalue weighted by Crippen LogP contribution is -2.14. The van der Waals surface area contributed by atoms with Crippen molar-refractivity contribution >= 4 is 50.9 Å². The lowest BCUT2D eigenvalue weighted by atomic mass is 9.98. The van der Waals surface area contributed by atoms with Crippen LogP contribution in [0.4, 0.5) is 0 Å². The zero-order valence-electron chi connectivity index (χ0n) is 8.05. The average Bonchev–Trinajstić information content (AvgIpc) is 2.57. The molecule has 1 aliphatic heterocycles. The van der Waals surface area contributed by atoms with Crippen LogP contribution in [0.1, 0.15) is 5.56 Å². The Labute approximate surface area is 113 Å². The molecule has 0 bridgehead atoms. The molecule has 1 saturated heterocycles. The standard InChI is InChI=1S/C11H11BrCl2S/c12-9-2-1-7(10(13)4-9)3-8-5-15-6-11(8)14/h1-2,4,8,11H,3,5-6H2. The third-order valence-electron chi connectivity index (χ3n) is 2.62. The molecule has 0 N–H and O–H groups in total. The van der Waals surface area contributed by atoms with Crippen molar-refractivity contribution in [2.24, 2.45) is 5.92 Å². The van der Waals surface area contributed by atoms with E-state index >= 15 is 0 Å². The van der Waals surface area contributed by atoms with Gasteiger partial charge >= 0.3 is 0 Å². The van der Waals surface area contributed by atoms with Gasteiger partial charge in [0.25, 0.3) is 0 Å². The van der Waals surface area contributed by atoms with Crippen LogP contribution in [-0.2, 0) is 6.42 Å². The second kappa shape index (κ2) is 5.31.